The number of rotatable bonds is 10. The zero-order valence-electron chi connectivity index (χ0n) is 18.0. The maximum Gasteiger partial charge on any atom is 0.248 e. The van der Waals surface area contributed by atoms with E-state index in [1.54, 1.807) is 43.3 Å². The normalized spacial score (nSPS) is 13.1. The lowest BCUT2D eigenvalue weighted by Gasteiger charge is -2.35. The van der Waals surface area contributed by atoms with Gasteiger partial charge >= 0.3 is 0 Å². The predicted octanol–water partition coefficient (Wildman–Crippen LogP) is 1.91. The molecule has 0 unspecified atom stereocenters. The van der Waals surface area contributed by atoms with E-state index in [1.807, 2.05) is 5.48 Å². The van der Waals surface area contributed by atoms with Crippen LogP contribution in [0.4, 0.5) is 0 Å². The molecule has 0 aliphatic heterocycles. The first kappa shape index (κ1) is 25.2. The summed E-state index contributed by atoms with van der Waals surface area (Å²) >= 11 is 0. The van der Waals surface area contributed by atoms with Crippen LogP contribution in [-0.4, -0.2) is 49.3 Å². The number of likely N-dealkylation sites (N-methyl/N-ethyl adjacent to an activating group) is 1. The zero-order chi connectivity index (χ0) is 23.8. The molecule has 8 nitrogen and oxygen atoms in total. The summed E-state index contributed by atoms with van der Waals surface area (Å²) in [6.07, 6.45) is 1.66. The summed E-state index contributed by atoms with van der Waals surface area (Å²) in [5.74, 6) is 5.37. The van der Waals surface area contributed by atoms with Gasteiger partial charge in [0.05, 0.1) is 10.4 Å². The monoisotopic (exact) mass is 457 g/mol. The molecule has 0 heterocycles. The molecule has 0 aliphatic carbocycles. The highest BCUT2D eigenvalue weighted by Gasteiger charge is 2.39. The third-order valence-corrected chi connectivity index (χ3v) is 7.34. The van der Waals surface area contributed by atoms with Crippen molar-refractivity contribution in [3.05, 3.63) is 65.2 Å². The van der Waals surface area contributed by atoms with E-state index in [4.69, 9.17) is 10.9 Å². The van der Waals surface area contributed by atoms with Gasteiger partial charge in [0.1, 0.15) is 6.29 Å². The van der Waals surface area contributed by atoms with E-state index < -0.39 is 21.5 Å². The quantitative estimate of drug-likeness (QED) is 0.216. The number of primary amides is 1. The summed E-state index contributed by atoms with van der Waals surface area (Å²) in [4.78, 5) is 23.0. The number of amides is 1. The van der Waals surface area contributed by atoms with Crippen LogP contribution in [0.5, 0.6) is 0 Å². The lowest BCUT2D eigenvalue weighted by atomic mass is 9.92. The lowest BCUT2D eigenvalue weighted by Crippen LogP contribution is -2.50. The molecular formula is C23H27N3O5S. The number of nitrogens with one attached hydrogen (secondary N) is 1. The lowest BCUT2D eigenvalue weighted by molar-refractivity contribution is -0.116. The number of nitrogens with two attached hydrogens (primary N) is 1. The Morgan fingerprint density at radius 2 is 1.66 bits per heavy atom. The first-order chi connectivity index (χ1) is 15.2. The van der Waals surface area contributed by atoms with Gasteiger partial charge in [-0.2, -0.15) is 4.31 Å². The minimum Gasteiger partial charge on any atom is -0.366 e. The average Bonchev–Trinajstić information content (AvgIpc) is 2.81. The Kier molecular flexibility index (Phi) is 8.69. The number of aldehydes is 1. The van der Waals surface area contributed by atoms with Crippen molar-refractivity contribution in [2.24, 2.45) is 5.73 Å². The number of carbonyl (C=O) groups excluding carboxylic acids is 2. The van der Waals surface area contributed by atoms with Crippen LogP contribution < -0.4 is 11.2 Å². The van der Waals surface area contributed by atoms with Gasteiger partial charge < -0.3 is 15.7 Å². The van der Waals surface area contributed by atoms with Crippen LogP contribution in [0.3, 0.4) is 0 Å². The second-order valence-electron chi connectivity index (χ2n) is 7.28. The van der Waals surface area contributed by atoms with Gasteiger partial charge in [0, 0.05) is 30.3 Å². The van der Waals surface area contributed by atoms with Crippen LogP contribution in [0.25, 0.3) is 0 Å². The van der Waals surface area contributed by atoms with E-state index in [0.29, 0.717) is 35.8 Å². The molecule has 9 heteroatoms. The third kappa shape index (κ3) is 5.81. The Balaban J connectivity index is 2.23. The molecule has 0 bridgehead atoms. The van der Waals surface area contributed by atoms with Crippen molar-refractivity contribution in [3.63, 3.8) is 0 Å². The largest absolute Gasteiger partial charge is 0.366 e. The van der Waals surface area contributed by atoms with Crippen molar-refractivity contribution in [2.75, 3.05) is 13.6 Å². The number of nitrogens with zero attached hydrogens (tertiary/aromatic N) is 1. The van der Waals surface area contributed by atoms with E-state index in [-0.39, 0.29) is 17.9 Å². The molecule has 0 saturated carbocycles. The van der Waals surface area contributed by atoms with Gasteiger partial charge in [-0.15, -0.1) is 0 Å². The van der Waals surface area contributed by atoms with Gasteiger partial charge in [-0.05, 0) is 67.8 Å². The third-order valence-electron chi connectivity index (χ3n) is 5.39. The first-order valence-electron chi connectivity index (χ1n) is 10.0. The van der Waals surface area contributed by atoms with E-state index >= 15 is 0 Å². The predicted molar refractivity (Wildman–Crippen MR) is 120 cm³/mol. The molecule has 0 radical (unpaired) electrons. The van der Waals surface area contributed by atoms with Crippen molar-refractivity contribution in [1.29, 1.82) is 0 Å². The van der Waals surface area contributed by atoms with E-state index in [9.17, 15) is 18.0 Å². The van der Waals surface area contributed by atoms with Crippen molar-refractivity contribution >= 4 is 22.2 Å². The Bertz CT molecular complexity index is 1100. The van der Waals surface area contributed by atoms with Crippen molar-refractivity contribution in [2.45, 2.75) is 36.6 Å². The molecule has 0 spiro atoms. The standard InChI is InChI=1S/C23H27N3O5S/c1-3-23(17-27,15-4-16-25-29)26(2)32(30,31)21-13-9-19(10-14-21)6-5-18-7-11-20(12-8-18)22(24)28/h7-14,17,25,29H,3-4,15-16H2,1-2H3,(H2,24,28)/t23-/m0/s1. The van der Waals surface area contributed by atoms with E-state index in [0.717, 1.165) is 4.31 Å². The van der Waals surface area contributed by atoms with Crippen molar-refractivity contribution in [1.82, 2.24) is 9.79 Å². The van der Waals surface area contributed by atoms with Crippen LogP contribution in [0.2, 0.25) is 0 Å². The number of hydrogen-bond donors (Lipinski definition) is 3. The zero-order valence-corrected chi connectivity index (χ0v) is 18.9. The summed E-state index contributed by atoms with van der Waals surface area (Å²) in [5.41, 5.74) is 7.71. The fourth-order valence-electron chi connectivity index (χ4n) is 3.22. The molecule has 1 atom stereocenters. The fraction of sp³-hybridized carbons (Fsp3) is 0.304. The second-order valence-corrected chi connectivity index (χ2v) is 9.24. The van der Waals surface area contributed by atoms with Crippen molar-refractivity contribution in [3.8, 4) is 11.8 Å². The summed E-state index contributed by atoms with van der Waals surface area (Å²) < 4.78 is 27.4. The molecule has 4 N–H and O–H groups in total. The molecule has 1 amide bonds. The fourth-order valence-corrected chi connectivity index (χ4v) is 4.76. The maximum absolute atomic E-state index is 13.1. The number of carbonyl (C=O) groups is 2. The highest BCUT2D eigenvalue weighted by atomic mass is 32.2. The van der Waals surface area contributed by atoms with Crippen LogP contribution in [0.15, 0.2) is 53.4 Å². The molecule has 32 heavy (non-hydrogen) atoms. The van der Waals surface area contributed by atoms with E-state index in [2.05, 4.69) is 11.8 Å². The molecule has 2 aromatic carbocycles. The molecule has 2 rings (SSSR count). The average molecular weight is 458 g/mol. The number of hydrogen-bond acceptors (Lipinski definition) is 6. The van der Waals surface area contributed by atoms with Crippen LogP contribution in [-0.2, 0) is 14.8 Å². The van der Waals surface area contributed by atoms with Crippen LogP contribution in [0.1, 0.15) is 47.7 Å². The molecule has 0 aliphatic rings. The highest BCUT2D eigenvalue weighted by molar-refractivity contribution is 7.89. The van der Waals surface area contributed by atoms with Gasteiger partial charge in [-0.25, -0.2) is 13.9 Å². The number of sulfonamides is 1. The molecule has 0 saturated heterocycles. The molecule has 2 aromatic rings. The minimum absolute atomic E-state index is 0.0521. The highest BCUT2D eigenvalue weighted by Crippen LogP contribution is 2.28. The van der Waals surface area contributed by atoms with Crippen LogP contribution in [0, 0.1) is 11.8 Å². The Morgan fingerprint density at radius 1 is 1.12 bits per heavy atom. The Morgan fingerprint density at radius 3 is 2.09 bits per heavy atom. The second kappa shape index (κ2) is 11.0. The SMILES string of the molecule is CC[C@@](C=O)(CCCNO)N(C)S(=O)(=O)c1ccc(C#Cc2ccc(C(N)=O)cc2)cc1. The Labute approximate surface area is 188 Å². The summed E-state index contributed by atoms with van der Waals surface area (Å²) in [7, 11) is -2.54. The van der Waals surface area contributed by atoms with Gasteiger partial charge in [0.15, 0.2) is 0 Å². The molecular weight excluding hydrogens is 430 g/mol. The smallest absolute Gasteiger partial charge is 0.248 e. The summed E-state index contributed by atoms with van der Waals surface area (Å²) in [5, 5.41) is 8.76. The molecule has 170 valence electrons. The number of hydroxylamine groups is 1. The Hall–Kier alpha value is -3.03. The maximum atomic E-state index is 13.1. The van der Waals surface area contributed by atoms with Crippen LogP contribution >= 0.6 is 0 Å². The van der Waals surface area contributed by atoms with Gasteiger partial charge in [-0.1, -0.05) is 18.8 Å². The van der Waals surface area contributed by atoms with Gasteiger partial charge in [-0.3, -0.25) is 4.79 Å². The molecule has 0 fully saturated rings. The topological polar surface area (TPSA) is 130 Å². The minimum atomic E-state index is -3.93. The first-order valence-corrected chi connectivity index (χ1v) is 11.5. The number of benzene rings is 2. The summed E-state index contributed by atoms with van der Waals surface area (Å²) in [6, 6.07) is 12.6. The van der Waals surface area contributed by atoms with Gasteiger partial charge in [0.2, 0.25) is 15.9 Å². The van der Waals surface area contributed by atoms with Crippen molar-refractivity contribution < 1.29 is 23.2 Å². The summed E-state index contributed by atoms with van der Waals surface area (Å²) in [6.45, 7) is 2.00. The molecule has 0 aromatic heterocycles. The van der Waals surface area contributed by atoms with Gasteiger partial charge in [0.25, 0.3) is 0 Å². The van der Waals surface area contributed by atoms with E-state index in [1.165, 1.54) is 19.2 Å².